The van der Waals surface area contributed by atoms with Gasteiger partial charge in [-0.05, 0) is 26.3 Å². The second-order valence-corrected chi connectivity index (χ2v) is 14.8. The Morgan fingerprint density at radius 3 is 1.98 bits per heavy atom. The molecule has 0 bridgehead atoms. The number of carbonyl (C=O) groups is 1. The fraction of sp³-hybridized carbons (Fsp3) is 0.970. The molecule has 0 spiro atoms. The number of carboxylic acid groups (broad SMARTS) is 1. The van der Waals surface area contributed by atoms with Crippen LogP contribution in [0.2, 0.25) is 0 Å². The smallest absolute Gasteiger partial charge is 0.364 e. The molecule has 0 aromatic carbocycles. The van der Waals surface area contributed by atoms with Crippen molar-refractivity contribution in [2.45, 2.75) is 167 Å². The first kappa shape index (κ1) is 48.3. The van der Waals surface area contributed by atoms with Gasteiger partial charge < -0.3 is 116 Å². The van der Waals surface area contributed by atoms with E-state index in [-0.39, 0.29) is 6.61 Å². The number of hydrogen-bond donors (Lipinski definition) is 15. The van der Waals surface area contributed by atoms with E-state index >= 15 is 0 Å². The number of ether oxygens (including phenoxy) is 8. The summed E-state index contributed by atoms with van der Waals surface area (Å²) in [4.78, 5) is 12.8. The highest BCUT2D eigenvalue weighted by molar-refractivity contribution is 5.76. The lowest BCUT2D eigenvalue weighted by atomic mass is 9.88. The molecule has 334 valence electrons. The Hall–Kier alpha value is -1.41. The van der Waals surface area contributed by atoms with Gasteiger partial charge in [0.25, 0.3) is 5.79 Å². The molecule has 0 aromatic rings. The molecule has 57 heavy (non-hydrogen) atoms. The molecule has 0 aromatic heterocycles. The molecular weight excluding hydrogens is 774 g/mol. The average Bonchev–Trinajstić information content (AvgIpc) is 3.19. The number of unbranched alkanes of at least 4 members (excludes halogenated alkanes) is 3. The van der Waals surface area contributed by atoms with Crippen LogP contribution in [0.3, 0.4) is 0 Å². The number of aliphatic hydroxyl groups excluding tert-OH is 11. The molecule has 0 saturated carbocycles. The molecule has 0 aliphatic carbocycles. The average molecular weight is 836 g/mol. The molecular formula is C33H61N3O21. The topological polar surface area (TPSA) is 412 Å². The number of hydrogen-bond acceptors (Lipinski definition) is 23. The lowest BCUT2D eigenvalue weighted by molar-refractivity contribution is -0.390. The van der Waals surface area contributed by atoms with Gasteiger partial charge >= 0.3 is 5.97 Å². The minimum absolute atomic E-state index is 0.146. The van der Waals surface area contributed by atoms with E-state index in [2.05, 4.69) is 0 Å². The number of carboxylic acids is 1. The summed E-state index contributed by atoms with van der Waals surface area (Å²) in [7, 11) is 0. The molecule has 0 unspecified atom stereocenters. The Balaban J connectivity index is 1.64. The summed E-state index contributed by atoms with van der Waals surface area (Å²) in [6, 6.07) is -2.84. The van der Waals surface area contributed by atoms with Crippen LogP contribution in [-0.4, -0.2) is 229 Å². The van der Waals surface area contributed by atoms with Crippen molar-refractivity contribution >= 4 is 5.97 Å². The van der Waals surface area contributed by atoms with E-state index in [4.69, 9.17) is 55.1 Å². The van der Waals surface area contributed by atoms with Gasteiger partial charge in [0.1, 0.15) is 79.4 Å². The van der Waals surface area contributed by atoms with Gasteiger partial charge in [0, 0.05) is 13.0 Å². The summed E-state index contributed by atoms with van der Waals surface area (Å²) in [5, 5.41) is 126. The molecule has 4 aliphatic heterocycles. The standard InChI is InChI=1S/C33H61N3O21/c1-12-19(42)22(45)23(46)30(51-12)55-27-18(36)29(50-7-5-3-2-4-6-34)53-16(11-39)25(27)54-31-24(47)28(21(44)15(10-38)52-31)57-33(32(48)49)8-13(40)17(35)26(56-33)20(43)14(41)9-37/h12-31,37-47H,2-11,34-36H2,1H3,(H,48,49)/t12-,13+,14+,15-,16-,17+,18-,19+,20+,21-,22-,23-,24-,25+,26+,27+,28-,29+,30-,31-,33-/m0/s1. The fourth-order valence-corrected chi connectivity index (χ4v) is 7.18. The zero-order chi connectivity index (χ0) is 42.4. The molecule has 24 nitrogen and oxygen atoms in total. The van der Waals surface area contributed by atoms with Gasteiger partial charge in [0.05, 0.1) is 44.1 Å². The normalized spacial score (nSPS) is 45.4. The Kier molecular flexibility index (Phi) is 18.1. The zero-order valence-corrected chi connectivity index (χ0v) is 31.4. The van der Waals surface area contributed by atoms with Crippen molar-refractivity contribution in [1.29, 1.82) is 0 Å². The summed E-state index contributed by atoms with van der Waals surface area (Å²) in [6.07, 6.45) is -29.2. The maximum atomic E-state index is 12.8. The summed E-state index contributed by atoms with van der Waals surface area (Å²) in [5.41, 5.74) is 18.1. The highest BCUT2D eigenvalue weighted by Gasteiger charge is 2.60. The van der Waals surface area contributed by atoms with Crippen molar-refractivity contribution in [2.24, 2.45) is 17.2 Å². The van der Waals surface area contributed by atoms with Gasteiger partial charge in [-0.3, -0.25) is 0 Å². The third-order valence-corrected chi connectivity index (χ3v) is 10.7. The molecule has 0 amide bonds. The number of rotatable bonds is 19. The second kappa shape index (κ2) is 21.4. The summed E-state index contributed by atoms with van der Waals surface area (Å²) < 4.78 is 46.5. The minimum atomic E-state index is -2.99. The molecule has 4 fully saturated rings. The summed E-state index contributed by atoms with van der Waals surface area (Å²) >= 11 is 0. The van der Waals surface area contributed by atoms with Crippen molar-refractivity contribution in [3.8, 4) is 0 Å². The third kappa shape index (κ3) is 10.9. The maximum absolute atomic E-state index is 12.8. The van der Waals surface area contributed by atoms with E-state index in [9.17, 15) is 66.1 Å². The van der Waals surface area contributed by atoms with E-state index in [1.165, 1.54) is 6.92 Å². The van der Waals surface area contributed by atoms with Gasteiger partial charge in [-0.25, -0.2) is 4.79 Å². The Labute approximate surface area is 327 Å². The van der Waals surface area contributed by atoms with Crippen molar-refractivity contribution in [3.63, 3.8) is 0 Å². The van der Waals surface area contributed by atoms with E-state index in [0.29, 0.717) is 13.0 Å². The highest BCUT2D eigenvalue weighted by Crippen LogP contribution is 2.38. The van der Waals surface area contributed by atoms with E-state index in [0.717, 1.165) is 19.3 Å². The number of nitrogens with two attached hydrogens (primary N) is 3. The number of aliphatic hydroxyl groups is 11. The first-order chi connectivity index (χ1) is 27.0. The molecule has 24 heteroatoms. The van der Waals surface area contributed by atoms with E-state index in [1.54, 1.807) is 0 Å². The van der Waals surface area contributed by atoms with Crippen LogP contribution in [0.4, 0.5) is 0 Å². The van der Waals surface area contributed by atoms with Crippen LogP contribution < -0.4 is 17.2 Å². The van der Waals surface area contributed by atoms with Crippen LogP contribution >= 0.6 is 0 Å². The summed E-state index contributed by atoms with van der Waals surface area (Å²) in [6.45, 7) is -0.732. The first-order valence-electron chi connectivity index (χ1n) is 18.9. The van der Waals surface area contributed by atoms with Crippen LogP contribution in [0.25, 0.3) is 0 Å². The van der Waals surface area contributed by atoms with Crippen LogP contribution in [0.1, 0.15) is 39.0 Å². The van der Waals surface area contributed by atoms with Crippen LogP contribution in [0.5, 0.6) is 0 Å². The Bertz CT molecular complexity index is 1230. The summed E-state index contributed by atoms with van der Waals surface area (Å²) in [5.74, 6) is -4.93. The predicted molar refractivity (Wildman–Crippen MR) is 185 cm³/mol. The molecule has 4 aliphatic rings. The van der Waals surface area contributed by atoms with Crippen LogP contribution in [0, 0.1) is 0 Å². The van der Waals surface area contributed by atoms with Gasteiger partial charge in [-0.2, -0.15) is 0 Å². The zero-order valence-electron chi connectivity index (χ0n) is 31.4. The van der Waals surface area contributed by atoms with Crippen molar-refractivity contribution in [3.05, 3.63) is 0 Å². The monoisotopic (exact) mass is 835 g/mol. The third-order valence-electron chi connectivity index (χ3n) is 10.7. The van der Waals surface area contributed by atoms with Gasteiger partial charge in [0.2, 0.25) is 0 Å². The van der Waals surface area contributed by atoms with Crippen LogP contribution in [0.15, 0.2) is 0 Å². The van der Waals surface area contributed by atoms with Gasteiger partial charge in [-0.15, -0.1) is 0 Å². The molecule has 4 rings (SSSR count). The molecule has 4 saturated heterocycles. The number of aliphatic carboxylic acids is 1. The van der Waals surface area contributed by atoms with E-state index < -0.39 is 161 Å². The van der Waals surface area contributed by atoms with Crippen molar-refractivity contribution in [2.75, 3.05) is 33.0 Å². The fourth-order valence-electron chi connectivity index (χ4n) is 7.18. The molecule has 0 radical (unpaired) electrons. The van der Waals surface area contributed by atoms with E-state index in [1.807, 2.05) is 0 Å². The molecule has 4 heterocycles. The van der Waals surface area contributed by atoms with Crippen molar-refractivity contribution in [1.82, 2.24) is 0 Å². The Morgan fingerprint density at radius 1 is 0.754 bits per heavy atom. The molecule has 18 N–H and O–H groups in total. The lowest BCUT2D eigenvalue weighted by Gasteiger charge is -2.51. The maximum Gasteiger partial charge on any atom is 0.364 e. The quantitative estimate of drug-likeness (QED) is 0.0537. The minimum Gasteiger partial charge on any atom is -0.477 e. The predicted octanol–water partition coefficient (Wildman–Crippen LogP) is -8.04. The second-order valence-electron chi connectivity index (χ2n) is 14.8. The molecule has 21 atom stereocenters. The van der Waals surface area contributed by atoms with Gasteiger partial charge in [-0.1, -0.05) is 12.8 Å². The highest BCUT2D eigenvalue weighted by atomic mass is 16.8. The van der Waals surface area contributed by atoms with Crippen LogP contribution in [-0.2, 0) is 42.7 Å². The lowest BCUT2D eigenvalue weighted by Crippen LogP contribution is -2.70. The van der Waals surface area contributed by atoms with Gasteiger partial charge in [0.15, 0.2) is 18.9 Å². The largest absolute Gasteiger partial charge is 0.477 e. The van der Waals surface area contributed by atoms with Crippen molar-refractivity contribution < 1.29 is 104 Å². The Morgan fingerprint density at radius 2 is 1.37 bits per heavy atom. The first-order valence-corrected chi connectivity index (χ1v) is 18.9. The SMILES string of the molecule is C[C@@H]1O[C@@H](O[C@@H]2[C@H](N)[C@H](OCCCCCCN)O[C@@H](CO)[C@H]2O[C@@H]2O[C@@H](CO)[C@H](O)[C@H](O[C@]3(C(=O)O)C[C@@H](O)[C@@H](N)[C@H]([C@H](O)[C@H](O)CO)O3)[C@@H]2O)[C@@H](O)[C@@H](O)[C@@H]1O.